The zero-order valence-electron chi connectivity index (χ0n) is 40.7. The van der Waals surface area contributed by atoms with Gasteiger partial charge < -0.3 is 34.0 Å². The van der Waals surface area contributed by atoms with Crippen molar-refractivity contribution < 1.29 is 70.3 Å². The van der Waals surface area contributed by atoms with Gasteiger partial charge in [-0.1, -0.05) is 0 Å². The van der Waals surface area contributed by atoms with Gasteiger partial charge in [0.1, 0.15) is 72.9 Å². The Kier molecular flexibility index (Phi) is 17.9. The normalized spacial score (nSPS) is 17.6. The maximum absolute atomic E-state index is 15.1. The lowest BCUT2D eigenvalue weighted by Crippen LogP contribution is -2.42. The molecule has 2 fully saturated rings. The molecule has 0 spiro atoms. The Bertz CT molecular complexity index is 2840. The summed E-state index contributed by atoms with van der Waals surface area (Å²) in [5, 5.41) is 19.4. The van der Waals surface area contributed by atoms with Crippen molar-refractivity contribution in [2.24, 2.45) is 10.2 Å². The summed E-state index contributed by atoms with van der Waals surface area (Å²) in [4.78, 5) is 85.6. The molecule has 0 saturated carbocycles. The zero-order valence-corrected chi connectivity index (χ0v) is 41.6. The number of carbonyl (C=O) groups excluding carboxylic acids is 6. The van der Waals surface area contributed by atoms with Crippen LogP contribution in [0, 0.1) is 11.6 Å². The van der Waals surface area contributed by atoms with Crippen molar-refractivity contribution in [3.05, 3.63) is 84.7 Å². The van der Waals surface area contributed by atoms with Gasteiger partial charge in [-0.25, -0.2) is 42.9 Å². The van der Waals surface area contributed by atoms with Crippen LogP contribution in [-0.2, 0) is 46.8 Å². The maximum Gasteiger partial charge on any atom is 0.474 e. The lowest BCUT2D eigenvalue weighted by Gasteiger charge is -2.28. The molecule has 74 heavy (non-hydrogen) atoms. The Balaban J connectivity index is 0.000000219. The summed E-state index contributed by atoms with van der Waals surface area (Å²) in [5.41, 5.74) is 2.46. The van der Waals surface area contributed by atoms with E-state index in [1.807, 2.05) is 0 Å². The molecule has 4 aliphatic heterocycles. The Hall–Kier alpha value is -7.57. The number of anilines is 4. The molecule has 0 bridgehead atoms. The summed E-state index contributed by atoms with van der Waals surface area (Å²) >= 11 is 0. The number of hydrogen-bond acceptors (Lipinski definition) is 19. The number of carbonyl (C=O) groups is 6. The summed E-state index contributed by atoms with van der Waals surface area (Å²) in [6, 6.07) is 15.8. The lowest BCUT2D eigenvalue weighted by atomic mass is 10.1. The number of halogens is 2. The number of aliphatic hydroxyl groups excluding tert-OH is 1. The fraction of sp³-hybridized carbons (Fsp3) is 0.375. The van der Waals surface area contributed by atoms with Gasteiger partial charge in [0.15, 0.2) is 0 Å². The zero-order chi connectivity index (χ0) is 53.1. The first-order chi connectivity index (χ1) is 35.5. The molecule has 0 radical (unpaired) electrons. The Morgan fingerprint density at radius 3 is 1.47 bits per heavy atom. The van der Waals surface area contributed by atoms with Gasteiger partial charge in [-0.05, 0) is 87.4 Å². The van der Waals surface area contributed by atoms with Crippen LogP contribution in [0.2, 0.25) is 0 Å². The van der Waals surface area contributed by atoms with Crippen LogP contribution in [0.15, 0.2) is 83.3 Å². The number of rotatable bonds is 18. The van der Waals surface area contributed by atoms with E-state index in [9.17, 15) is 37.7 Å². The van der Waals surface area contributed by atoms with Gasteiger partial charge in [0, 0.05) is 74.8 Å². The Morgan fingerprint density at radius 1 is 0.676 bits per heavy atom. The molecule has 1 N–H and O–H groups in total. The molecule has 26 heteroatoms. The van der Waals surface area contributed by atoms with Crippen LogP contribution < -0.4 is 19.6 Å². The average Bonchev–Trinajstić information content (AvgIpc) is 3.99. The number of nitrogens with zero attached hydrogens (tertiary/aromatic N) is 10. The minimum Gasteiger partial charge on any atom is -0.444 e. The monoisotopic (exact) mass is 1050 g/mol. The van der Waals surface area contributed by atoms with Crippen molar-refractivity contribution in [3.8, 4) is 22.3 Å². The molecule has 2 aromatic heterocycles. The van der Waals surface area contributed by atoms with Crippen LogP contribution >= 0.6 is 7.82 Å². The van der Waals surface area contributed by atoms with E-state index in [2.05, 4.69) is 29.2 Å². The van der Waals surface area contributed by atoms with Gasteiger partial charge in [-0.2, -0.15) is 10.2 Å². The van der Waals surface area contributed by atoms with Crippen LogP contribution in [0.1, 0.15) is 39.5 Å². The van der Waals surface area contributed by atoms with Gasteiger partial charge in [-0.3, -0.25) is 33.0 Å². The molecule has 2 atom stereocenters. The predicted molar refractivity (Wildman–Crippen MR) is 264 cm³/mol. The number of benzene rings is 2. The summed E-state index contributed by atoms with van der Waals surface area (Å²) in [6.45, 7) is 3.68. The van der Waals surface area contributed by atoms with Crippen LogP contribution in [0.25, 0.3) is 22.3 Å². The Labute approximate surface area is 423 Å². The highest BCUT2D eigenvalue weighted by Crippen LogP contribution is 2.47. The van der Waals surface area contributed by atoms with Crippen LogP contribution in [0.5, 0.6) is 0 Å². The van der Waals surface area contributed by atoms with E-state index in [4.69, 9.17) is 19.1 Å². The largest absolute Gasteiger partial charge is 0.474 e. The number of hydrogen-bond donors (Lipinski definition) is 1. The standard InChI is InChI=1S/C25H29FN5O8P.C23H24FN5O5/c1-17(32)4-7-20-14-30(25(34)39-20)19-6-8-21(22(26)12-19)18-5-9-23(27-13-18)29-10-11-31(28-16-29)24(33)15-38-40(35,36-2)37-3;1-15(31)2-5-18-12-28(23(33)34-18)17-4-6-19(20(24)10-17)16-3-7-21(25-11-16)27-8-9-29(26-14-27)22(32)13-30/h5-6,8-9,12-13,16,20H,4,7,10-11,14-15H2,1-3H3;3-4,6-7,10-11,14,18,30H,2,5,8-9,12-13H2,1H3/t20-;18-/m00/s1. The highest BCUT2D eigenvalue weighted by molar-refractivity contribution is 7.48. The molecule has 4 aliphatic rings. The van der Waals surface area contributed by atoms with E-state index in [0.717, 1.165) is 14.2 Å². The van der Waals surface area contributed by atoms with Crippen molar-refractivity contribution in [2.45, 2.75) is 51.7 Å². The van der Waals surface area contributed by atoms with E-state index in [-0.39, 0.29) is 31.2 Å². The second kappa shape index (κ2) is 24.4. The molecule has 8 rings (SSSR count). The molecule has 4 amide bonds. The van der Waals surface area contributed by atoms with Gasteiger partial charge in [-0.15, -0.1) is 0 Å². The third-order valence-corrected chi connectivity index (χ3v) is 13.2. The van der Waals surface area contributed by atoms with E-state index < -0.39 is 68.9 Å². The van der Waals surface area contributed by atoms with Gasteiger partial charge in [0.25, 0.3) is 11.8 Å². The first kappa shape index (κ1) is 54.2. The van der Waals surface area contributed by atoms with E-state index in [1.165, 1.54) is 70.9 Å². The Morgan fingerprint density at radius 2 is 1.12 bits per heavy atom. The number of ether oxygens (including phenoxy) is 2. The minimum absolute atomic E-state index is 0.0132. The van der Waals surface area contributed by atoms with Gasteiger partial charge in [0.2, 0.25) is 0 Å². The van der Waals surface area contributed by atoms with E-state index in [1.54, 1.807) is 58.3 Å². The molecule has 6 heterocycles. The number of Topliss-reactive ketones (excluding diaryl/α,β-unsaturated/α-hetero) is 2. The highest BCUT2D eigenvalue weighted by Gasteiger charge is 2.34. The number of phosphoric ester groups is 1. The first-order valence-corrected chi connectivity index (χ1v) is 24.6. The fourth-order valence-corrected chi connectivity index (χ4v) is 8.45. The van der Waals surface area contributed by atoms with Crippen molar-refractivity contribution in [1.29, 1.82) is 0 Å². The summed E-state index contributed by atoms with van der Waals surface area (Å²) in [5.74, 6) is -0.896. The number of phosphoric acid groups is 1. The van der Waals surface area contributed by atoms with Crippen molar-refractivity contribution in [3.63, 3.8) is 0 Å². The summed E-state index contributed by atoms with van der Waals surface area (Å²) in [6.07, 6.45) is 5.46. The van der Waals surface area contributed by atoms with Gasteiger partial charge >= 0.3 is 20.0 Å². The smallest absolute Gasteiger partial charge is 0.444 e. The number of cyclic esters (lactones) is 2. The first-order valence-electron chi connectivity index (χ1n) is 23.1. The number of ketones is 2. The van der Waals surface area contributed by atoms with Crippen molar-refractivity contribution in [2.75, 3.05) is 86.3 Å². The number of aliphatic hydroxyl groups is 1. The SMILES string of the molecule is CC(=O)CC[C@H]1CN(c2ccc(-c3ccc(N4C=NN(C(=O)CO)CC4)nc3)c(F)c2)C(=O)O1.COP(=O)(OC)OCC(=O)N1CCN(c2ccc(-c3ccc(N4C[C@H](CCC(C)=O)OC4=O)cc3F)cn2)C=N1. The fourth-order valence-electron chi connectivity index (χ4n) is 7.82. The molecule has 0 unspecified atom stereocenters. The van der Waals surface area contributed by atoms with E-state index in [0.29, 0.717) is 90.6 Å². The van der Waals surface area contributed by atoms with Crippen LogP contribution in [0.3, 0.4) is 0 Å². The molecule has 4 aromatic rings. The average molecular weight is 1050 g/mol. The number of amides is 4. The van der Waals surface area contributed by atoms with Crippen LogP contribution in [0.4, 0.5) is 41.4 Å². The van der Waals surface area contributed by atoms with E-state index >= 15 is 4.39 Å². The molecule has 2 aromatic carbocycles. The van der Waals surface area contributed by atoms with Crippen LogP contribution in [-0.4, -0.2) is 152 Å². The van der Waals surface area contributed by atoms with Crippen molar-refractivity contribution in [1.82, 2.24) is 20.0 Å². The van der Waals surface area contributed by atoms with Gasteiger partial charge in [0.05, 0.1) is 37.6 Å². The highest BCUT2D eigenvalue weighted by atomic mass is 31.2. The molecular formula is C48H53F2N10O13P. The van der Waals surface area contributed by atoms with Crippen molar-refractivity contribution >= 4 is 79.1 Å². The molecular weight excluding hydrogens is 994 g/mol. The molecule has 2 saturated heterocycles. The third kappa shape index (κ3) is 13.5. The molecule has 23 nitrogen and oxygen atoms in total. The predicted octanol–water partition coefficient (Wildman–Crippen LogP) is 5.76. The lowest BCUT2D eigenvalue weighted by molar-refractivity contribution is -0.134. The maximum atomic E-state index is 15.1. The topological polar surface area (TPSA) is 256 Å². The third-order valence-electron chi connectivity index (χ3n) is 11.9. The minimum atomic E-state index is -3.78. The second-order valence-corrected chi connectivity index (χ2v) is 18.9. The summed E-state index contributed by atoms with van der Waals surface area (Å²) < 4.78 is 66.7. The number of aromatic nitrogens is 2. The molecule has 0 aliphatic carbocycles. The summed E-state index contributed by atoms with van der Waals surface area (Å²) in [7, 11) is -1.48. The number of pyridine rings is 2. The molecule has 392 valence electrons. The number of hydrazone groups is 2. The second-order valence-electron chi connectivity index (χ2n) is 17.0. The quantitative estimate of drug-likeness (QED) is 0.116.